The summed E-state index contributed by atoms with van der Waals surface area (Å²) in [6.45, 7) is 13.6. The van der Waals surface area contributed by atoms with Crippen molar-refractivity contribution >= 4 is 27.6 Å². The summed E-state index contributed by atoms with van der Waals surface area (Å²) >= 11 is 0. The molecule has 42 heavy (non-hydrogen) atoms. The zero-order valence-electron chi connectivity index (χ0n) is 26.1. The summed E-state index contributed by atoms with van der Waals surface area (Å²) in [6.07, 6.45) is 6.69. The third-order valence-corrected chi connectivity index (χ3v) is 8.42. The molecule has 0 saturated carbocycles. The Balaban J connectivity index is 1.88. The zero-order chi connectivity index (χ0) is 29.9. The Morgan fingerprint density at radius 3 is 2.64 bits per heavy atom. The second kappa shape index (κ2) is 12.8. The summed E-state index contributed by atoms with van der Waals surface area (Å²) in [6, 6.07) is 17.0. The molecule has 2 atom stereocenters. The van der Waals surface area contributed by atoms with E-state index in [9.17, 15) is 4.79 Å². The van der Waals surface area contributed by atoms with Gasteiger partial charge in [0.2, 0.25) is 0 Å². The topological polar surface area (TPSA) is 57.7 Å². The van der Waals surface area contributed by atoms with Crippen molar-refractivity contribution in [2.75, 3.05) is 13.2 Å². The maximum atomic E-state index is 14.0. The van der Waals surface area contributed by atoms with Crippen molar-refractivity contribution < 1.29 is 19.0 Å². The minimum absolute atomic E-state index is 0.289. The number of hydrogen-bond acceptors (Lipinski definition) is 5. The second-order valence-electron chi connectivity index (χ2n) is 12.3. The number of rotatable bonds is 12. The fourth-order valence-electron chi connectivity index (χ4n) is 6.68. The Labute approximate surface area is 250 Å². The van der Waals surface area contributed by atoms with Gasteiger partial charge in [0.25, 0.3) is 0 Å². The van der Waals surface area contributed by atoms with Crippen LogP contribution in [0.1, 0.15) is 90.0 Å². The van der Waals surface area contributed by atoms with Crippen LogP contribution in [-0.4, -0.2) is 29.8 Å². The molecule has 4 aromatic rings. The summed E-state index contributed by atoms with van der Waals surface area (Å²) in [5.41, 5.74) is 5.63. The predicted octanol–water partition coefficient (Wildman–Crippen LogP) is 9.17. The first-order valence-corrected chi connectivity index (χ1v) is 15.7. The lowest BCUT2D eigenvalue weighted by atomic mass is 9.82. The highest BCUT2D eigenvalue weighted by Gasteiger charge is 2.36. The van der Waals surface area contributed by atoms with Crippen molar-refractivity contribution in [3.05, 3.63) is 71.4 Å². The van der Waals surface area contributed by atoms with E-state index in [1.54, 1.807) is 0 Å². The highest BCUT2D eigenvalue weighted by atomic mass is 16.6. The van der Waals surface area contributed by atoms with Crippen LogP contribution in [0.4, 0.5) is 0 Å². The molecule has 5 nitrogen and oxygen atoms in total. The lowest BCUT2D eigenvalue weighted by molar-refractivity contribution is -0.169. The Morgan fingerprint density at radius 2 is 1.88 bits per heavy atom. The Morgan fingerprint density at radius 1 is 1.07 bits per heavy atom. The van der Waals surface area contributed by atoms with Gasteiger partial charge >= 0.3 is 5.97 Å². The van der Waals surface area contributed by atoms with Gasteiger partial charge in [0.15, 0.2) is 6.10 Å². The summed E-state index contributed by atoms with van der Waals surface area (Å²) in [7, 11) is 0. The number of ether oxygens (including phenoxy) is 3. The van der Waals surface area contributed by atoms with Gasteiger partial charge in [-0.1, -0.05) is 70.4 Å². The molecule has 2 unspecified atom stereocenters. The van der Waals surface area contributed by atoms with Crippen LogP contribution in [0.5, 0.6) is 5.75 Å². The normalized spacial score (nSPS) is 14.5. The SMILES string of the molecule is CCCC(C)Cc1cc2ccccc2c(-c2ccc3c4c(ccnc24)CCO3)c1C(OC(C)(C)CCC)C(=O)OCC. The number of carbonyl (C=O) groups excluding carboxylic acids is 1. The van der Waals surface area contributed by atoms with Gasteiger partial charge in [-0.2, -0.15) is 0 Å². The first-order valence-electron chi connectivity index (χ1n) is 15.7. The quantitative estimate of drug-likeness (QED) is 0.160. The van der Waals surface area contributed by atoms with E-state index in [-0.39, 0.29) is 12.6 Å². The molecule has 0 fully saturated rings. The fourth-order valence-corrected chi connectivity index (χ4v) is 6.68. The number of aromatic nitrogens is 1. The number of esters is 1. The van der Waals surface area contributed by atoms with E-state index >= 15 is 0 Å². The molecule has 2 heterocycles. The lowest BCUT2D eigenvalue weighted by Gasteiger charge is -2.33. The smallest absolute Gasteiger partial charge is 0.339 e. The third-order valence-electron chi connectivity index (χ3n) is 8.42. The molecule has 0 N–H and O–H groups in total. The monoisotopic (exact) mass is 567 g/mol. The van der Waals surface area contributed by atoms with Gasteiger partial charge in [0.05, 0.1) is 24.3 Å². The number of hydrogen-bond donors (Lipinski definition) is 0. The summed E-state index contributed by atoms with van der Waals surface area (Å²) in [5.74, 6) is 0.961. The van der Waals surface area contributed by atoms with Crippen molar-refractivity contribution in [1.29, 1.82) is 0 Å². The molecule has 3 aromatic carbocycles. The summed E-state index contributed by atoms with van der Waals surface area (Å²) < 4.78 is 18.7. The highest BCUT2D eigenvalue weighted by Crippen LogP contribution is 2.46. The molecule has 0 spiro atoms. The second-order valence-corrected chi connectivity index (χ2v) is 12.3. The van der Waals surface area contributed by atoms with Crippen molar-refractivity contribution in [2.45, 2.75) is 91.8 Å². The number of nitrogens with zero attached hydrogens (tertiary/aromatic N) is 1. The van der Waals surface area contributed by atoms with Crippen LogP contribution < -0.4 is 4.74 Å². The molecule has 1 aliphatic heterocycles. The molecule has 222 valence electrons. The third kappa shape index (κ3) is 6.03. The molecule has 5 heteroatoms. The zero-order valence-corrected chi connectivity index (χ0v) is 26.1. The van der Waals surface area contributed by atoms with E-state index in [0.29, 0.717) is 12.5 Å². The molecule has 1 aliphatic rings. The van der Waals surface area contributed by atoms with Gasteiger partial charge in [-0.05, 0) is 85.2 Å². The molecular weight excluding hydrogens is 522 g/mol. The average molecular weight is 568 g/mol. The van der Waals surface area contributed by atoms with Crippen LogP contribution in [0.2, 0.25) is 0 Å². The van der Waals surface area contributed by atoms with E-state index in [4.69, 9.17) is 19.2 Å². The molecule has 0 saturated heterocycles. The first-order chi connectivity index (χ1) is 20.3. The van der Waals surface area contributed by atoms with E-state index < -0.39 is 11.7 Å². The van der Waals surface area contributed by atoms with Gasteiger partial charge in [-0.3, -0.25) is 4.98 Å². The molecule has 0 radical (unpaired) electrons. The number of pyridine rings is 1. The van der Waals surface area contributed by atoms with Crippen LogP contribution in [-0.2, 0) is 27.1 Å². The molecule has 5 rings (SSSR count). The van der Waals surface area contributed by atoms with Gasteiger partial charge < -0.3 is 14.2 Å². The van der Waals surface area contributed by atoms with E-state index in [2.05, 4.69) is 83.1 Å². The first kappa shape index (κ1) is 30.0. The maximum Gasteiger partial charge on any atom is 0.339 e. The van der Waals surface area contributed by atoms with Crippen molar-refractivity contribution in [2.24, 2.45) is 5.92 Å². The van der Waals surface area contributed by atoms with Gasteiger partial charge in [-0.25, -0.2) is 4.79 Å². The molecule has 0 aliphatic carbocycles. The van der Waals surface area contributed by atoms with Crippen LogP contribution in [0, 0.1) is 5.92 Å². The lowest BCUT2D eigenvalue weighted by Crippen LogP contribution is -2.32. The summed E-state index contributed by atoms with van der Waals surface area (Å²) in [5, 5.41) is 3.27. The highest BCUT2D eigenvalue weighted by molar-refractivity contribution is 6.09. The van der Waals surface area contributed by atoms with Crippen molar-refractivity contribution in [1.82, 2.24) is 4.98 Å². The van der Waals surface area contributed by atoms with Crippen LogP contribution >= 0.6 is 0 Å². The molecule has 0 bridgehead atoms. The minimum atomic E-state index is -0.878. The van der Waals surface area contributed by atoms with E-state index in [1.807, 2.05) is 13.1 Å². The number of carbonyl (C=O) groups is 1. The maximum absolute atomic E-state index is 14.0. The van der Waals surface area contributed by atoms with Gasteiger partial charge in [0, 0.05) is 29.1 Å². The number of benzene rings is 3. The van der Waals surface area contributed by atoms with Gasteiger partial charge in [-0.15, -0.1) is 0 Å². The largest absolute Gasteiger partial charge is 0.493 e. The Bertz CT molecular complexity index is 1560. The minimum Gasteiger partial charge on any atom is -0.493 e. The van der Waals surface area contributed by atoms with Crippen LogP contribution in [0.25, 0.3) is 32.8 Å². The van der Waals surface area contributed by atoms with Crippen molar-refractivity contribution in [3.63, 3.8) is 0 Å². The molecular formula is C37H45NO4. The Kier molecular flexibility index (Phi) is 9.17. The Hall–Kier alpha value is -3.44. The van der Waals surface area contributed by atoms with Crippen LogP contribution in [0.15, 0.2) is 54.7 Å². The predicted molar refractivity (Wildman–Crippen MR) is 171 cm³/mol. The average Bonchev–Trinajstić information content (AvgIpc) is 2.96. The standard InChI is InChI=1S/C37H45NO4/c1-7-12-24(4)22-27-23-26-13-10-11-14-28(26)33(32(27)35(36(39)40-9-3)42-37(5,6)19-8-2)29-15-16-30-31-25(18-21-41-30)17-20-38-34(29)31/h10-11,13-17,20,23-24,35H,7-9,12,18-19,21-22H2,1-6H3. The van der Waals surface area contributed by atoms with Gasteiger partial charge in [0.1, 0.15) is 5.75 Å². The van der Waals surface area contributed by atoms with E-state index in [0.717, 1.165) is 88.2 Å². The number of fused-ring (bicyclic) bond motifs is 1. The van der Waals surface area contributed by atoms with Crippen LogP contribution in [0.3, 0.4) is 0 Å². The fraction of sp³-hybridized carbons (Fsp3) is 0.459. The van der Waals surface area contributed by atoms with E-state index in [1.165, 1.54) is 5.56 Å². The molecule has 1 aromatic heterocycles. The molecule has 0 amide bonds. The summed E-state index contributed by atoms with van der Waals surface area (Å²) in [4.78, 5) is 18.9. The van der Waals surface area contributed by atoms with Crippen molar-refractivity contribution in [3.8, 4) is 16.9 Å².